The third-order valence-corrected chi connectivity index (χ3v) is 1.78. The quantitative estimate of drug-likeness (QED) is 0.546. The largest absolute Gasteiger partial charge is 0.508 e. The fraction of sp³-hybridized carbons (Fsp3) is 0.429. The van der Waals surface area contributed by atoms with Gasteiger partial charge in [0.2, 0.25) is 5.79 Å². The Morgan fingerprint density at radius 1 is 1.80 bits per heavy atom. The highest BCUT2D eigenvalue weighted by Gasteiger charge is 2.55. The molecule has 2 atom stereocenters. The minimum absolute atomic E-state index is 0.0810. The Balaban J connectivity index is 2.23. The molecule has 1 heterocycles. The average molecular weight is 140 g/mol. The number of aliphatic hydroxyl groups is 1. The summed E-state index contributed by atoms with van der Waals surface area (Å²) >= 11 is 0. The molecule has 1 N–H and O–H groups in total. The molecule has 0 aromatic rings. The predicted octanol–water partition coefficient (Wildman–Crippen LogP) is 0.740. The van der Waals surface area contributed by atoms with Crippen LogP contribution in [0.3, 0.4) is 0 Å². The lowest BCUT2D eigenvalue weighted by Crippen LogP contribution is -2.15. The van der Waals surface area contributed by atoms with Crippen molar-refractivity contribution in [2.75, 3.05) is 7.11 Å². The van der Waals surface area contributed by atoms with Gasteiger partial charge in [-0.1, -0.05) is 0 Å². The van der Waals surface area contributed by atoms with Gasteiger partial charge in [-0.3, -0.25) is 0 Å². The molecule has 0 bridgehead atoms. The average Bonchev–Trinajstić information content (AvgIpc) is 2.62. The minimum atomic E-state index is -0.549. The molecule has 0 aromatic carbocycles. The summed E-state index contributed by atoms with van der Waals surface area (Å²) in [4.78, 5) is 0. The van der Waals surface area contributed by atoms with Gasteiger partial charge in [-0.25, -0.2) is 0 Å². The van der Waals surface area contributed by atoms with Gasteiger partial charge in [-0.15, -0.1) is 0 Å². The second-order valence-electron chi connectivity index (χ2n) is 2.39. The molecule has 1 aliphatic heterocycles. The normalized spacial score (nSPS) is 42.5. The Labute approximate surface area is 58.6 Å². The lowest BCUT2D eigenvalue weighted by Gasteiger charge is -2.05. The van der Waals surface area contributed by atoms with Crippen molar-refractivity contribution in [3.63, 3.8) is 0 Å². The molecule has 54 valence electrons. The Hall–Kier alpha value is -0.800. The van der Waals surface area contributed by atoms with Gasteiger partial charge in [0.15, 0.2) is 0 Å². The molecule has 1 fully saturated rings. The molecule has 1 saturated heterocycles. The summed E-state index contributed by atoms with van der Waals surface area (Å²) in [5, 5.41) is 8.95. The van der Waals surface area contributed by atoms with Crippen molar-refractivity contribution in [1.29, 1.82) is 0 Å². The Kier molecular flexibility index (Phi) is 0.963. The molecule has 0 saturated carbocycles. The van der Waals surface area contributed by atoms with Gasteiger partial charge in [-0.2, -0.15) is 0 Å². The first kappa shape index (κ1) is 5.95. The van der Waals surface area contributed by atoms with Gasteiger partial charge < -0.3 is 14.6 Å². The highest BCUT2D eigenvalue weighted by atomic mass is 16.8. The number of fused-ring (bicyclic) bond motifs is 1. The Morgan fingerprint density at radius 3 is 3.20 bits per heavy atom. The van der Waals surface area contributed by atoms with E-state index in [-0.39, 0.29) is 11.9 Å². The van der Waals surface area contributed by atoms with Crippen molar-refractivity contribution in [2.24, 2.45) is 0 Å². The topological polar surface area (TPSA) is 42.0 Å². The van der Waals surface area contributed by atoms with Gasteiger partial charge >= 0.3 is 0 Å². The SMILES string of the molecule is COC12C=CC(O)=CC1O2. The Morgan fingerprint density at radius 2 is 2.60 bits per heavy atom. The van der Waals surface area contributed by atoms with Gasteiger partial charge in [0.1, 0.15) is 11.9 Å². The van der Waals surface area contributed by atoms with Crippen LogP contribution in [0.4, 0.5) is 0 Å². The number of rotatable bonds is 1. The van der Waals surface area contributed by atoms with E-state index in [1.807, 2.05) is 0 Å². The first-order valence-corrected chi connectivity index (χ1v) is 3.10. The Bertz CT molecular complexity index is 219. The fourth-order valence-corrected chi connectivity index (χ4v) is 1.09. The summed E-state index contributed by atoms with van der Waals surface area (Å²) in [5.41, 5.74) is 0. The molecule has 2 unspecified atom stereocenters. The predicted molar refractivity (Wildman–Crippen MR) is 34.5 cm³/mol. The molecule has 10 heavy (non-hydrogen) atoms. The van der Waals surface area contributed by atoms with Crippen LogP contribution in [-0.2, 0) is 9.47 Å². The summed E-state index contributed by atoms with van der Waals surface area (Å²) in [6, 6.07) is 0. The lowest BCUT2D eigenvalue weighted by atomic mass is 10.1. The van der Waals surface area contributed by atoms with Gasteiger partial charge in [0.05, 0.1) is 0 Å². The monoisotopic (exact) mass is 140 g/mol. The summed E-state index contributed by atoms with van der Waals surface area (Å²) in [6.07, 6.45) is 4.84. The molecule has 3 nitrogen and oxygen atoms in total. The van der Waals surface area contributed by atoms with E-state index in [1.165, 1.54) is 0 Å². The molecule has 0 spiro atoms. The number of epoxide rings is 1. The zero-order valence-electron chi connectivity index (χ0n) is 5.57. The van der Waals surface area contributed by atoms with Crippen LogP contribution in [0.2, 0.25) is 0 Å². The maximum Gasteiger partial charge on any atom is 0.219 e. The number of hydrogen-bond donors (Lipinski definition) is 1. The van der Waals surface area contributed by atoms with E-state index in [1.54, 1.807) is 25.3 Å². The van der Waals surface area contributed by atoms with Crippen LogP contribution < -0.4 is 0 Å². The first-order chi connectivity index (χ1) is 4.77. The minimum Gasteiger partial charge on any atom is -0.508 e. The highest BCUT2D eigenvalue weighted by Crippen LogP contribution is 2.42. The molecule has 3 heteroatoms. The van der Waals surface area contributed by atoms with E-state index in [9.17, 15) is 0 Å². The molecular formula is C7H8O3. The van der Waals surface area contributed by atoms with Crippen LogP contribution in [0.15, 0.2) is 24.0 Å². The number of ether oxygens (including phenoxy) is 2. The van der Waals surface area contributed by atoms with Gasteiger partial charge in [-0.05, 0) is 18.2 Å². The molecule has 0 aromatic heterocycles. The maximum atomic E-state index is 8.95. The van der Waals surface area contributed by atoms with Crippen LogP contribution in [0.5, 0.6) is 0 Å². The van der Waals surface area contributed by atoms with Gasteiger partial charge in [0, 0.05) is 7.11 Å². The maximum absolute atomic E-state index is 8.95. The lowest BCUT2D eigenvalue weighted by molar-refractivity contribution is 0.0298. The van der Waals surface area contributed by atoms with Gasteiger partial charge in [0.25, 0.3) is 0 Å². The van der Waals surface area contributed by atoms with Crippen molar-refractivity contribution in [3.8, 4) is 0 Å². The standard InChI is InChI=1S/C7H8O3/c1-9-7-3-2-5(8)4-6(7)10-7/h2-4,6,8H,1H3. The number of allylic oxidation sites excluding steroid dienone is 1. The number of hydrogen-bond acceptors (Lipinski definition) is 3. The van der Waals surface area contributed by atoms with Crippen LogP contribution in [-0.4, -0.2) is 24.1 Å². The summed E-state index contributed by atoms with van der Waals surface area (Å²) in [6.45, 7) is 0. The van der Waals surface area contributed by atoms with E-state index in [0.29, 0.717) is 0 Å². The summed E-state index contributed by atoms with van der Waals surface area (Å²) < 4.78 is 10.2. The number of methoxy groups -OCH3 is 1. The van der Waals surface area contributed by atoms with Crippen molar-refractivity contribution in [1.82, 2.24) is 0 Å². The molecule has 2 rings (SSSR count). The second-order valence-corrected chi connectivity index (χ2v) is 2.39. The van der Waals surface area contributed by atoms with Crippen LogP contribution in [0.25, 0.3) is 0 Å². The van der Waals surface area contributed by atoms with Crippen molar-refractivity contribution in [3.05, 3.63) is 24.0 Å². The summed E-state index contributed by atoms with van der Waals surface area (Å²) in [7, 11) is 1.58. The smallest absolute Gasteiger partial charge is 0.219 e. The first-order valence-electron chi connectivity index (χ1n) is 3.10. The van der Waals surface area contributed by atoms with E-state index in [4.69, 9.17) is 14.6 Å². The third kappa shape index (κ3) is 0.616. The van der Waals surface area contributed by atoms with E-state index in [0.717, 1.165) is 0 Å². The van der Waals surface area contributed by atoms with Crippen LogP contribution in [0, 0.1) is 0 Å². The van der Waals surface area contributed by atoms with Crippen molar-refractivity contribution < 1.29 is 14.6 Å². The second kappa shape index (κ2) is 1.62. The van der Waals surface area contributed by atoms with Crippen molar-refractivity contribution >= 4 is 0 Å². The third-order valence-electron chi connectivity index (χ3n) is 1.78. The zero-order chi connectivity index (χ0) is 7.19. The number of aliphatic hydroxyl groups excluding tert-OH is 1. The van der Waals surface area contributed by atoms with E-state index in [2.05, 4.69) is 0 Å². The van der Waals surface area contributed by atoms with E-state index < -0.39 is 5.79 Å². The van der Waals surface area contributed by atoms with Crippen LogP contribution in [0.1, 0.15) is 0 Å². The molecule has 0 amide bonds. The molecule has 2 aliphatic rings. The fourth-order valence-electron chi connectivity index (χ4n) is 1.09. The highest BCUT2D eigenvalue weighted by molar-refractivity contribution is 5.31. The van der Waals surface area contributed by atoms with Crippen molar-refractivity contribution in [2.45, 2.75) is 11.9 Å². The molecular weight excluding hydrogens is 132 g/mol. The summed E-state index contributed by atoms with van der Waals surface area (Å²) in [5.74, 6) is -0.304. The molecule has 1 aliphatic carbocycles. The zero-order valence-corrected chi connectivity index (χ0v) is 5.57. The molecule has 0 radical (unpaired) electrons. The van der Waals surface area contributed by atoms with Crippen LogP contribution >= 0.6 is 0 Å². The van der Waals surface area contributed by atoms with E-state index >= 15 is 0 Å².